The summed E-state index contributed by atoms with van der Waals surface area (Å²) in [7, 11) is 0. The molecule has 0 amide bonds. The molecule has 11 aromatic rings. The van der Waals surface area contributed by atoms with Crippen LogP contribution in [0.4, 0.5) is 0 Å². The van der Waals surface area contributed by atoms with Crippen molar-refractivity contribution < 1.29 is 4.42 Å². The summed E-state index contributed by atoms with van der Waals surface area (Å²) < 4.78 is 9.26. The van der Waals surface area contributed by atoms with Gasteiger partial charge in [-0.2, -0.15) is 0 Å². The summed E-state index contributed by atoms with van der Waals surface area (Å²) in [5.41, 5.74) is 13.2. The Morgan fingerprint density at radius 1 is 0.525 bits per heavy atom. The lowest BCUT2D eigenvalue weighted by molar-refractivity contribution is 0.661. The summed E-state index contributed by atoms with van der Waals surface area (Å²) in [6.07, 6.45) is 2.30. The average Bonchev–Trinajstić information content (AvgIpc) is 3.90. The Morgan fingerprint density at radius 3 is 1.90 bits per heavy atom. The van der Waals surface area contributed by atoms with Crippen molar-refractivity contribution >= 4 is 96.9 Å². The van der Waals surface area contributed by atoms with Crippen LogP contribution in [0.2, 0.25) is 0 Å². The zero-order valence-corrected chi connectivity index (χ0v) is 33.7. The Morgan fingerprint density at radius 2 is 1.14 bits per heavy atom. The quantitative estimate of drug-likeness (QED) is 0.162. The fourth-order valence-electron chi connectivity index (χ4n) is 10.2. The monoisotopic (exact) mass is 770 g/mol. The van der Waals surface area contributed by atoms with E-state index >= 15 is 0 Å². The average molecular weight is 771 g/mol. The minimum absolute atomic E-state index is 0.291. The van der Waals surface area contributed by atoms with Crippen molar-refractivity contribution in [1.29, 1.82) is 0 Å². The van der Waals surface area contributed by atoms with Crippen LogP contribution >= 0.6 is 11.3 Å². The van der Waals surface area contributed by atoms with Gasteiger partial charge in [0.2, 0.25) is 0 Å². The molecule has 59 heavy (non-hydrogen) atoms. The van der Waals surface area contributed by atoms with E-state index in [0.29, 0.717) is 0 Å². The third kappa shape index (κ3) is 4.91. The first-order chi connectivity index (χ1) is 28.8. The molecular formula is C57H38OS. The lowest BCUT2D eigenvalue weighted by Gasteiger charge is -2.24. The Balaban J connectivity index is 0.947. The highest BCUT2D eigenvalue weighted by molar-refractivity contribution is 7.26. The summed E-state index contributed by atoms with van der Waals surface area (Å²) in [5, 5.41) is 12.3. The second-order valence-corrected chi connectivity index (χ2v) is 17.6. The van der Waals surface area contributed by atoms with Crippen LogP contribution in [0.15, 0.2) is 193 Å². The molecule has 278 valence electrons. The van der Waals surface area contributed by atoms with E-state index in [4.69, 9.17) is 17.6 Å². The van der Waals surface area contributed by atoms with Crippen molar-refractivity contribution in [3.05, 3.63) is 205 Å². The third-order valence-electron chi connectivity index (χ3n) is 13.0. The van der Waals surface area contributed by atoms with Crippen molar-refractivity contribution in [1.82, 2.24) is 0 Å². The van der Waals surface area contributed by atoms with Gasteiger partial charge in [-0.15, -0.1) is 11.3 Å². The van der Waals surface area contributed by atoms with Crippen molar-refractivity contribution in [3.63, 3.8) is 0 Å². The van der Waals surface area contributed by atoms with Gasteiger partial charge in [0.15, 0.2) is 0 Å². The van der Waals surface area contributed by atoms with Gasteiger partial charge < -0.3 is 4.42 Å². The highest BCUT2D eigenvalue weighted by atomic mass is 32.1. The Bertz CT molecular complexity index is 3610. The molecule has 0 spiro atoms. The van der Waals surface area contributed by atoms with Crippen LogP contribution in [0.25, 0.3) is 108 Å². The molecule has 0 bridgehead atoms. The summed E-state index contributed by atoms with van der Waals surface area (Å²) in [4.78, 5) is 0. The smallest absolute Gasteiger partial charge is 0.136 e. The number of rotatable bonds is 4. The van der Waals surface area contributed by atoms with E-state index in [1.54, 1.807) is 0 Å². The Labute approximate surface area is 346 Å². The predicted octanol–water partition coefficient (Wildman–Crippen LogP) is 16.7. The van der Waals surface area contributed by atoms with Gasteiger partial charge in [0, 0.05) is 36.4 Å². The third-order valence-corrected chi connectivity index (χ3v) is 14.1. The van der Waals surface area contributed by atoms with Crippen LogP contribution in [-0.2, 0) is 5.41 Å². The van der Waals surface area contributed by atoms with Crippen molar-refractivity contribution in [2.45, 2.75) is 19.3 Å². The van der Waals surface area contributed by atoms with Crippen molar-refractivity contribution in [2.75, 3.05) is 0 Å². The molecule has 0 saturated heterocycles. The standard InChI is InChI=1S/C57H38OS/c1-33(53-39-16-8-10-18-41(39)54(35-14-6-5-7-15-35)42-19-11-9-17-40(42)53)30-47-34(2)38-24-22-36(31-48(38)57(47,3)4)37-23-25-45-50(32-37)58-49-28-26-44-43(55(45)49)27-29-52-56(44)46-20-12-13-21-51(46)59-52/h5-32H,1-2H2,3-4H3/b47-30+. The first kappa shape index (κ1) is 34.1. The van der Waals surface area contributed by atoms with Gasteiger partial charge in [-0.3, -0.25) is 0 Å². The fourth-order valence-corrected chi connectivity index (χ4v) is 11.3. The van der Waals surface area contributed by atoms with E-state index in [1.165, 1.54) is 91.3 Å². The Hall–Kier alpha value is -7.00. The van der Waals surface area contributed by atoms with Gasteiger partial charge in [-0.1, -0.05) is 154 Å². The van der Waals surface area contributed by atoms with Gasteiger partial charge in [0.05, 0.1) is 0 Å². The maximum absolute atomic E-state index is 6.62. The number of fused-ring (bicyclic) bond motifs is 12. The topological polar surface area (TPSA) is 13.1 Å². The highest BCUT2D eigenvalue weighted by Gasteiger charge is 2.38. The maximum Gasteiger partial charge on any atom is 0.136 e. The van der Waals surface area contributed by atoms with Crippen LogP contribution in [0.3, 0.4) is 0 Å². The predicted molar refractivity (Wildman–Crippen MR) is 256 cm³/mol. The molecule has 0 radical (unpaired) electrons. The number of hydrogen-bond donors (Lipinski definition) is 0. The van der Waals surface area contributed by atoms with Crippen LogP contribution in [0, 0.1) is 0 Å². The minimum atomic E-state index is -0.291. The van der Waals surface area contributed by atoms with Crippen LogP contribution in [0.5, 0.6) is 0 Å². The first-order valence-electron chi connectivity index (χ1n) is 20.3. The molecule has 0 fully saturated rings. The summed E-state index contributed by atoms with van der Waals surface area (Å²) >= 11 is 1.86. The summed E-state index contributed by atoms with van der Waals surface area (Å²) in [6, 6.07) is 59.5. The zero-order chi connectivity index (χ0) is 39.6. The number of thiophene rings is 1. The van der Waals surface area contributed by atoms with Crippen LogP contribution in [0.1, 0.15) is 30.5 Å². The van der Waals surface area contributed by atoms with E-state index in [-0.39, 0.29) is 5.41 Å². The van der Waals surface area contributed by atoms with Gasteiger partial charge in [0.25, 0.3) is 0 Å². The molecule has 12 rings (SSSR count). The molecule has 2 heteroatoms. The molecule has 2 heterocycles. The molecule has 2 aromatic heterocycles. The molecule has 0 atom stereocenters. The Kier molecular flexibility index (Phi) is 7.22. The van der Waals surface area contributed by atoms with Gasteiger partial charge >= 0.3 is 0 Å². The highest BCUT2D eigenvalue weighted by Crippen LogP contribution is 2.52. The summed E-state index contributed by atoms with van der Waals surface area (Å²) in [6.45, 7) is 14.1. The van der Waals surface area contributed by atoms with Crippen molar-refractivity contribution in [3.8, 4) is 22.3 Å². The van der Waals surface area contributed by atoms with Crippen LogP contribution in [-0.4, -0.2) is 0 Å². The molecule has 1 aliphatic carbocycles. The number of furan rings is 1. The summed E-state index contributed by atoms with van der Waals surface area (Å²) in [5.74, 6) is 0. The second-order valence-electron chi connectivity index (χ2n) is 16.5. The number of benzene rings is 9. The lowest BCUT2D eigenvalue weighted by Crippen LogP contribution is -2.15. The van der Waals surface area contributed by atoms with E-state index in [0.717, 1.165) is 38.8 Å². The lowest BCUT2D eigenvalue weighted by atomic mass is 9.79. The molecule has 1 nitrogen and oxygen atoms in total. The van der Waals surface area contributed by atoms with E-state index in [9.17, 15) is 0 Å². The SMILES string of the molecule is C=C1/C(=C\C(=C)c2c3ccccc3c(-c3ccccc3)c3ccccc23)C(C)(C)c2cc(-c3ccc4c(c3)oc3ccc5c(ccc6sc7ccccc7c65)c34)ccc21. The largest absolute Gasteiger partial charge is 0.456 e. The van der Waals surface area contributed by atoms with E-state index in [1.807, 2.05) is 11.3 Å². The van der Waals surface area contributed by atoms with Crippen molar-refractivity contribution in [2.24, 2.45) is 0 Å². The fraction of sp³-hybridized carbons (Fsp3) is 0.0526. The zero-order valence-electron chi connectivity index (χ0n) is 32.9. The number of hydrogen-bond acceptors (Lipinski definition) is 2. The number of allylic oxidation sites excluding steroid dienone is 4. The molecule has 0 aliphatic heterocycles. The molecule has 1 aliphatic rings. The molecule has 0 unspecified atom stereocenters. The molecule has 0 saturated carbocycles. The van der Waals surface area contributed by atoms with Crippen LogP contribution < -0.4 is 0 Å². The van der Waals surface area contributed by atoms with Gasteiger partial charge in [-0.25, -0.2) is 0 Å². The minimum Gasteiger partial charge on any atom is -0.456 e. The first-order valence-corrected chi connectivity index (χ1v) is 21.1. The van der Waals surface area contributed by atoms with Gasteiger partial charge in [0.1, 0.15) is 11.2 Å². The second kappa shape index (κ2) is 12.5. The molecule has 0 N–H and O–H groups in total. The van der Waals surface area contributed by atoms with E-state index in [2.05, 4.69) is 184 Å². The molecule has 9 aromatic carbocycles. The maximum atomic E-state index is 6.62. The van der Waals surface area contributed by atoms with Gasteiger partial charge in [-0.05, 0) is 130 Å². The van der Waals surface area contributed by atoms with E-state index < -0.39 is 0 Å². The molecular weight excluding hydrogens is 733 g/mol. The normalized spacial score (nSPS) is 14.5.